The normalized spacial score (nSPS) is 21.5. The molecule has 1 heterocycles. The van der Waals surface area contributed by atoms with E-state index < -0.39 is 28.4 Å². The van der Waals surface area contributed by atoms with Crippen LogP contribution in [0.5, 0.6) is 0 Å². The standard InChI is InChI=1S/C35H58N2O5Si2/c1-9-36-31(25-29-17-13-11-14-18-29)33(41-27-39-21-23-43(3,4)5)34(42-28-40-22-24-44(6,7)8)32(37(10-2)35(36)38)26-30-19-15-12-16-20-30/h11-20,31-34H,9-10,21-28H2,1-8H3/t31-,32-,33+,34+/m1/s1. The number of hydrogen-bond acceptors (Lipinski definition) is 5. The molecule has 0 unspecified atom stereocenters. The van der Waals surface area contributed by atoms with Gasteiger partial charge in [-0.05, 0) is 49.9 Å². The fourth-order valence-electron chi connectivity index (χ4n) is 5.68. The SMILES string of the molecule is CCN1C(=O)N(CC)[C@H](Cc2ccccc2)[C@H](OCOCC[Si](C)(C)C)[C@@H](OCOCC[Si](C)(C)C)[C@H]1Cc1ccccc1. The van der Waals surface area contributed by atoms with Gasteiger partial charge in [-0.2, -0.15) is 0 Å². The highest BCUT2D eigenvalue weighted by atomic mass is 28.3. The van der Waals surface area contributed by atoms with Crippen molar-refractivity contribution in [3.05, 3.63) is 71.8 Å². The number of likely N-dealkylation sites (N-methyl/N-ethyl adjacent to an activating group) is 2. The lowest BCUT2D eigenvalue weighted by molar-refractivity contribution is -0.187. The molecular formula is C35H58N2O5Si2. The highest BCUT2D eigenvalue weighted by Gasteiger charge is 2.48. The van der Waals surface area contributed by atoms with Crippen LogP contribution < -0.4 is 0 Å². The number of carbonyl (C=O) groups excluding carboxylic acids is 1. The molecule has 1 aliphatic heterocycles. The quantitative estimate of drug-likeness (QED) is 0.0965. The van der Waals surface area contributed by atoms with Gasteiger partial charge in [-0.1, -0.05) is 99.9 Å². The monoisotopic (exact) mass is 642 g/mol. The molecule has 0 bridgehead atoms. The van der Waals surface area contributed by atoms with E-state index in [1.165, 1.54) is 0 Å². The number of nitrogens with zero attached hydrogens (tertiary/aromatic N) is 2. The number of ether oxygens (including phenoxy) is 4. The van der Waals surface area contributed by atoms with Crippen molar-refractivity contribution in [3.8, 4) is 0 Å². The highest BCUT2D eigenvalue weighted by molar-refractivity contribution is 6.76. The summed E-state index contributed by atoms with van der Waals surface area (Å²) in [7, 11) is -2.49. The molecule has 0 spiro atoms. The summed E-state index contributed by atoms with van der Waals surface area (Å²) in [5, 5.41) is 0. The first-order valence-corrected chi connectivity index (χ1v) is 23.9. The van der Waals surface area contributed by atoms with E-state index in [9.17, 15) is 4.79 Å². The van der Waals surface area contributed by atoms with Crippen molar-refractivity contribution in [2.45, 2.75) is 102 Å². The van der Waals surface area contributed by atoms with Crippen molar-refractivity contribution in [1.82, 2.24) is 9.80 Å². The third kappa shape index (κ3) is 11.7. The topological polar surface area (TPSA) is 60.5 Å². The molecular weight excluding hydrogens is 585 g/mol. The number of hydrogen-bond donors (Lipinski definition) is 0. The molecule has 0 aromatic heterocycles. The predicted molar refractivity (Wildman–Crippen MR) is 186 cm³/mol. The molecule has 0 N–H and O–H groups in total. The zero-order chi connectivity index (χ0) is 32.2. The maximum absolute atomic E-state index is 14.4. The van der Waals surface area contributed by atoms with E-state index in [4.69, 9.17) is 18.9 Å². The first-order valence-electron chi connectivity index (χ1n) is 16.5. The van der Waals surface area contributed by atoms with E-state index in [-0.39, 0.29) is 31.7 Å². The van der Waals surface area contributed by atoms with E-state index in [0.717, 1.165) is 23.2 Å². The fourth-order valence-corrected chi connectivity index (χ4v) is 7.20. The Labute approximate surface area is 269 Å². The lowest BCUT2D eigenvalue weighted by atomic mass is 9.90. The van der Waals surface area contributed by atoms with Crippen molar-refractivity contribution in [1.29, 1.82) is 0 Å². The molecule has 1 aliphatic rings. The predicted octanol–water partition coefficient (Wildman–Crippen LogP) is 7.38. The number of carbonyl (C=O) groups is 1. The van der Waals surface area contributed by atoms with Crippen LogP contribution in [0.1, 0.15) is 25.0 Å². The lowest BCUT2D eigenvalue weighted by Gasteiger charge is -2.38. The molecule has 2 aromatic carbocycles. The van der Waals surface area contributed by atoms with Crippen molar-refractivity contribution in [2.75, 3.05) is 39.9 Å². The van der Waals surface area contributed by atoms with Gasteiger partial charge in [0.15, 0.2) is 0 Å². The van der Waals surface area contributed by atoms with Gasteiger partial charge in [0, 0.05) is 42.5 Å². The molecule has 246 valence electrons. The van der Waals surface area contributed by atoms with Gasteiger partial charge in [0.05, 0.1) is 12.1 Å². The molecule has 2 amide bonds. The summed E-state index contributed by atoms with van der Waals surface area (Å²) in [6.45, 7) is 21.0. The Balaban J connectivity index is 2.00. The summed E-state index contributed by atoms with van der Waals surface area (Å²) in [4.78, 5) is 18.3. The number of amides is 2. The van der Waals surface area contributed by atoms with Crippen LogP contribution in [-0.4, -0.2) is 96.2 Å². The Kier molecular flexibility index (Phi) is 14.6. The van der Waals surface area contributed by atoms with Gasteiger partial charge in [0.2, 0.25) is 0 Å². The average Bonchev–Trinajstić information content (AvgIpc) is 3.05. The summed E-state index contributed by atoms with van der Waals surface area (Å²) >= 11 is 0. The maximum atomic E-state index is 14.4. The molecule has 1 fully saturated rings. The minimum Gasteiger partial charge on any atom is -0.356 e. The van der Waals surface area contributed by atoms with Gasteiger partial charge in [-0.3, -0.25) is 0 Å². The van der Waals surface area contributed by atoms with E-state index in [2.05, 4.69) is 102 Å². The molecule has 3 rings (SSSR count). The minimum absolute atomic E-state index is 0.0239. The fraction of sp³-hybridized carbons (Fsp3) is 0.629. The van der Waals surface area contributed by atoms with Crippen LogP contribution in [0.2, 0.25) is 51.4 Å². The van der Waals surface area contributed by atoms with E-state index >= 15 is 0 Å². The first-order chi connectivity index (χ1) is 20.9. The van der Waals surface area contributed by atoms with Crippen LogP contribution in [0.25, 0.3) is 0 Å². The Hall–Kier alpha value is -2.02. The van der Waals surface area contributed by atoms with Crippen LogP contribution in [0, 0.1) is 0 Å². The Bertz CT molecular complexity index is 1010. The van der Waals surface area contributed by atoms with Crippen LogP contribution in [0.3, 0.4) is 0 Å². The highest BCUT2D eigenvalue weighted by Crippen LogP contribution is 2.31. The summed E-state index contributed by atoms with van der Waals surface area (Å²) in [5.41, 5.74) is 2.32. The number of rotatable bonds is 18. The average molecular weight is 643 g/mol. The van der Waals surface area contributed by atoms with E-state index in [0.29, 0.717) is 39.1 Å². The van der Waals surface area contributed by atoms with E-state index in [1.54, 1.807) is 0 Å². The van der Waals surface area contributed by atoms with Crippen LogP contribution in [0.4, 0.5) is 4.79 Å². The lowest BCUT2D eigenvalue weighted by Crippen LogP contribution is -2.53. The van der Waals surface area contributed by atoms with Crippen LogP contribution in [0.15, 0.2) is 60.7 Å². The molecule has 0 aliphatic carbocycles. The van der Waals surface area contributed by atoms with E-state index in [1.807, 2.05) is 21.9 Å². The maximum Gasteiger partial charge on any atom is 0.320 e. The molecule has 2 aromatic rings. The van der Waals surface area contributed by atoms with Crippen LogP contribution >= 0.6 is 0 Å². The summed E-state index contributed by atoms with van der Waals surface area (Å²) in [6, 6.07) is 22.4. The molecule has 1 saturated heterocycles. The molecule has 0 saturated carbocycles. The molecule has 4 atom stereocenters. The van der Waals surface area contributed by atoms with Gasteiger partial charge >= 0.3 is 6.03 Å². The van der Waals surface area contributed by atoms with Crippen molar-refractivity contribution < 1.29 is 23.7 Å². The summed E-state index contributed by atoms with van der Waals surface area (Å²) in [5.74, 6) is 0. The Morgan fingerprint density at radius 3 is 1.30 bits per heavy atom. The van der Waals surface area contributed by atoms with Gasteiger partial charge < -0.3 is 28.7 Å². The second kappa shape index (κ2) is 17.6. The third-order valence-corrected chi connectivity index (χ3v) is 11.7. The number of benzene rings is 2. The molecule has 44 heavy (non-hydrogen) atoms. The molecule has 7 nitrogen and oxygen atoms in total. The van der Waals surface area contributed by atoms with Crippen molar-refractivity contribution >= 4 is 22.2 Å². The number of urea groups is 1. The second-order valence-corrected chi connectivity index (χ2v) is 25.5. The Morgan fingerprint density at radius 1 is 0.614 bits per heavy atom. The van der Waals surface area contributed by atoms with Gasteiger partial charge in [-0.25, -0.2) is 4.79 Å². The Morgan fingerprint density at radius 2 is 0.977 bits per heavy atom. The largest absolute Gasteiger partial charge is 0.356 e. The summed E-state index contributed by atoms with van der Waals surface area (Å²) < 4.78 is 25.6. The first kappa shape index (κ1) is 36.5. The zero-order valence-corrected chi connectivity index (χ0v) is 30.6. The van der Waals surface area contributed by atoms with Crippen LogP contribution in [-0.2, 0) is 31.8 Å². The molecule has 0 radical (unpaired) electrons. The smallest absolute Gasteiger partial charge is 0.320 e. The summed E-state index contributed by atoms with van der Waals surface area (Å²) in [6.07, 6.45) is 0.478. The zero-order valence-electron chi connectivity index (χ0n) is 28.6. The third-order valence-electron chi connectivity index (χ3n) is 8.31. The van der Waals surface area contributed by atoms with Gasteiger partial charge in [0.1, 0.15) is 25.8 Å². The molecule has 9 heteroatoms. The second-order valence-electron chi connectivity index (χ2n) is 14.3. The van der Waals surface area contributed by atoms with Gasteiger partial charge in [-0.15, -0.1) is 0 Å². The van der Waals surface area contributed by atoms with Gasteiger partial charge in [0.25, 0.3) is 0 Å². The van der Waals surface area contributed by atoms with Crippen molar-refractivity contribution in [3.63, 3.8) is 0 Å². The van der Waals surface area contributed by atoms with Crippen molar-refractivity contribution in [2.24, 2.45) is 0 Å². The minimum atomic E-state index is -1.24.